The van der Waals surface area contributed by atoms with E-state index in [1.807, 2.05) is 6.92 Å². The Kier molecular flexibility index (Phi) is 6.28. The third-order valence-electron chi connectivity index (χ3n) is 4.58. The van der Waals surface area contributed by atoms with Crippen molar-refractivity contribution < 1.29 is 24.2 Å². The maximum absolute atomic E-state index is 12.7. The Balaban J connectivity index is 2.09. The molecule has 0 spiro atoms. The van der Waals surface area contributed by atoms with Crippen molar-refractivity contribution in [3.63, 3.8) is 0 Å². The van der Waals surface area contributed by atoms with E-state index < -0.39 is 11.9 Å². The van der Waals surface area contributed by atoms with E-state index in [1.54, 1.807) is 23.1 Å². The standard InChI is InChI=1S/C19H27NO5/c1-12(2)7-8-25-16-6-5-14(9-17(16)24-4)18(21)20-10-13(3)15(11-20)19(22)23/h5-6,9,12-13,15H,7-8,10-11H2,1-4H3,(H,22,23)/t13-,15-/m1/s1. The van der Waals surface area contributed by atoms with E-state index >= 15 is 0 Å². The van der Waals surface area contributed by atoms with Crippen LogP contribution in [0.5, 0.6) is 11.5 Å². The summed E-state index contributed by atoms with van der Waals surface area (Å²) in [6.45, 7) is 7.40. The van der Waals surface area contributed by atoms with Crippen molar-refractivity contribution in [2.24, 2.45) is 17.8 Å². The lowest BCUT2D eigenvalue weighted by atomic mass is 9.99. The van der Waals surface area contributed by atoms with E-state index in [4.69, 9.17) is 9.47 Å². The van der Waals surface area contributed by atoms with E-state index in [2.05, 4.69) is 13.8 Å². The Bertz CT molecular complexity index is 628. The monoisotopic (exact) mass is 349 g/mol. The van der Waals surface area contributed by atoms with Gasteiger partial charge in [-0.2, -0.15) is 0 Å². The van der Waals surface area contributed by atoms with Gasteiger partial charge in [-0.3, -0.25) is 9.59 Å². The van der Waals surface area contributed by atoms with Gasteiger partial charge in [0.15, 0.2) is 11.5 Å². The number of methoxy groups -OCH3 is 1. The third-order valence-corrected chi connectivity index (χ3v) is 4.58. The van der Waals surface area contributed by atoms with E-state index in [-0.39, 0.29) is 18.4 Å². The van der Waals surface area contributed by atoms with Gasteiger partial charge in [-0.25, -0.2) is 0 Å². The number of hydrogen-bond acceptors (Lipinski definition) is 4. The Morgan fingerprint density at radius 3 is 2.56 bits per heavy atom. The number of carboxylic acids is 1. The van der Waals surface area contributed by atoms with Crippen LogP contribution < -0.4 is 9.47 Å². The molecule has 25 heavy (non-hydrogen) atoms. The molecule has 1 N–H and O–H groups in total. The lowest BCUT2D eigenvalue weighted by molar-refractivity contribution is -0.142. The van der Waals surface area contributed by atoms with Gasteiger partial charge < -0.3 is 19.5 Å². The zero-order valence-corrected chi connectivity index (χ0v) is 15.3. The fourth-order valence-electron chi connectivity index (χ4n) is 2.96. The molecule has 1 aromatic carbocycles. The second kappa shape index (κ2) is 8.23. The van der Waals surface area contributed by atoms with E-state index in [1.165, 1.54) is 7.11 Å². The molecule has 1 heterocycles. The summed E-state index contributed by atoms with van der Waals surface area (Å²) < 4.78 is 11.1. The predicted molar refractivity (Wildman–Crippen MR) is 94.1 cm³/mol. The highest BCUT2D eigenvalue weighted by Crippen LogP contribution is 2.30. The van der Waals surface area contributed by atoms with Gasteiger partial charge in [0.1, 0.15) is 0 Å². The van der Waals surface area contributed by atoms with Crippen molar-refractivity contribution in [2.75, 3.05) is 26.8 Å². The molecule has 6 heteroatoms. The van der Waals surface area contributed by atoms with Crippen LogP contribution >= 0.6 is 0 Å². The van der Waals surface area contributed by atoms with Crippen molar-refractivity contribution >= 4 is 11.9 Å². The number of ether oxygens (including phenoxy) is 2. The van der Waals surface area contributed by atoms with Crippen molar-refractivity contribution in [1.82, 2.24) is 4.90 Å². The van der Waals surface area contributed by atoms with Crippen LogP contribution in [0.15, 0.2) is 18.2 Å². The number of carboxylic acid groups (broad SMARTS) is 1. The molecular weight excluding hydrogens is 322 g/mol. The lowest BCUT2D eigenvalue weighted by Gasteiger charge is -2.17. The summed E-state index contributed by atoms with van der Waals surface area (Å²) in [7, 11) is 1.54. The Morgan fingerprint density at radius 2 is 2.00 bits per heavy atom. The van der Waals surface area contributed by atoms with Gasteiger partial charge in [0.2, 0.25) is 0 Å². The number of likely N-dealkylation sites (tertiary alicyclic amines) is 1. The molecule has 0 bridgehead atoms. The van der Waals surface area contributed by atoms with Crippen LogP contribution in [-0.4, -0.2) is 48.7 Å². The molecule has 0 unspecified atom stereocenters. The lowest BCUT2D eigenvalue weighted by Crippen LogP contribution is -2.29. The van der Waals surface area contributed by atoms with Crippen LogP contribution in [0.4, 0.5) is 0 Å². The van der Waals surface area contributed by atoms with Gasteiger partial charge in [-0.1, -0.05) is 20.8 Å². The highest BCUT2D eigenvalue weighted by atomic mass is 16.5. The van der Waals surface area contributed by atoms with Gasteiger partial charge in [0.05, 0.1) is 19.6 Å². The smallest absolute Gasteiger partial charge is 0.308 e. The first-order valence-electron chi connectivity index (χ1n) is 8.66. The number of carbonyl (C=O) groups excluding carboxylic acids is 1. The molecule has 2 rings (SSSR count). The Labute approximate surface area is 148 Å². The van der Waals surface area contributed by atoms with Crippen LogP contribution in [0.3, 0.4) is 0 Å². The van der Waals surface area contributed by atoms with Crippen LogP contribution in [0, 0.1) is 17.8 Å². The van der Waals surface area contributed by atoms with Crippen molar-refractivity contribution in [1.29, 1.82) is 0 Å². The van der Waals surface area contributed by atoms with Gasteiger partial charge in [0.25, 0.3) is 5.91 Å². The van der Waals surface area contributed by atoms with Gasteiger partial charge in [-0.05, 0) is 36.5 Å². The van der Waals surface area contributed by atoms with E-state index in [9.17, 15) is 14.7 Å². The normalized spacial score (nSPS) is 20.0. The molecule has 1 aromatic rings. The highest BCUT2D eigenvalue weighted by Gasteiger charge is 2.37. The molecule has 1 aliphatic rings. The van der Waals surface area contributed by atoms with Crippen LogP contribution in [0.2, 0.25) is 0 Å². The maximum Gasteiger partial charge on any atom is 0.308 e. The molecule has 1 saturated heterocycles. The number of benzene rings is 1. The zero-order valence-electron chi connectivity index (χ0n) is 15.3. The first-order valence-corrected chi connectivity index (χ1v) is 8.66. The predicted octanol–water partition coefficient (Wildman–Crippen LogP) is 2.91. The van der Waals surface area contributed by atoms with Gasteiger partial charge in [-0.15, -0.1) is 0 Å². The quantitative estimate of drug-likeness (QED) is 0.819. The molecule has 1 fully saturated rings. The summed E-state index contributed by atoms with van der Waals surface area (Å²) >= 11 is 0. The number of hydrogen-bond donors (Lipinski definition) is 1. The molecular formula is C19H27NO5. The molecule has 1 amide bonds. The number of rotatable bonds is 7. The second-order valence-electron chi connectivity index (χ2n) is 7.03. The van der Waals surface area contributed by atoms with Gasteiger partial charge >= 0.3 is 5.97 Å². The number of amides is 1. The Hall–Kier alpha value is -2.24. The molecule has 2 atom stereocenters. The summed E-state index contributed by atoms with van der Waals surface area (Å²) in [6.07, 6.45) is 0.937. The third kappa shape index (κ3) is 4.65. The highest BCUT2D eigenvalue weighted by molar-refractivity contribution is 5.95. The number of carbonyl (C=O) groups is 2. The summed E-state index contributed by atoms with van der Waals surface area (Å²) in [5.41, 5.74) is 0.478. The first-order chi connectivity index (χ1) is 11.8. The second-order valence-corrected chi connectivity index (χ2v) is 7.03. The van der Waals surface area contributed by atoms with Crippen LogP contribution in [0.25, 0.3) is 0 Å². The molecule has 138 valence electrons. The van der Waals surface area contributed by atoms with E-state index in [0.29, 0.717) is 36.1 Å². The average Bonchev–Trinajstić information content (AvgIpc) is 2.96. The summed E-state index contributed by atoms with van der Waals surface area (Å²) in [6, 6.07) is 5.10. The minimum Gasteiger partial charge on any atom is -0.493 e. The summed E-state index contributed by atoms with van der Waals surface area (Å²) in [5.74, 6) is 0.0732. The molecule has 1 aliphatic heterocycles. The van der Waals surface area contributed by atoms with Crippen LogP contribution in [0.1, 0.15) is 37.6 Å². The summed E-state index contributed by atoms with van der Waals surface area (Å²) in [4.78, 5) is 25.5. The zero-order chi connectivity index (χ0) is 18.6. The molecule has 0 aliphatic carbocycles. The maximum atomic E-state index is 12.7. The molecule has 0 radical (unpaired) electrons. The fraction of sp³-hybridized carbons (Fsp3) is 0.579. The van der Waals surface area contributed by atoms with Crippen molar-refractivity contribution in [3.05, 3.63) is 23.8 Å². The number of nitrogens with zero attached hydrogens (tertiary/aromatic N) is 1. The Morgan fingerprint density at radius 1 is 1.28 bits per heavy atom. The van der Waals surface area contributed by atoms with Crippen LogP contribution in [-0.2, 0) is 4.79 Å². The number of aliphatic carboxylic acids is 1. The molecule has 6 nitrogen and oxygen atoms in total. The SMILES string of the molecule is COc1cc(C(=O)N2C[C@@H](C)[C@H](C(=O)O)C2)ccc1OCCC(C)C. The molecule has 0 aromatic heterocycles. The minimum atomic E-state index is -0.853. The largest absolute Gasteiger partial charge is 0.493 e. The topological polar surface area (TPSA) is 76.1 Å². The minimum absolute atomic E-state index is 0.0537. The first kappa shape index (κ1) is 19.1. The van der Waals surface area contributed by atoms with Gasteiger partial charge in [0, 0.05) is 18.7 Å². The fourth-order valence-corrected chi connectivity index (χ4v) is 2.96. The van der Waals surface area contributed by atoms with Crippen molar-refractivity contribution in [3.8, 4) is 11.5 Å². The average molecular weight is 349 g/mol. The summed E-state index contributed by atoms with van der Waals surface area (Å²) in [5, 5.41) is 9.22. The van der Waals surface area contributed by atoms with E-state index in [0.717, 1.165) is 6.42 Å². The van der Waals surface area contributed by atoms with Crippen molar-refractivity contribution in [2.45, 2.75) is 27.2 Å². The molecule has 0 saturated carbocycles.